The normalized spacial score (nSPS) is 33.8. The van der Waals surface area contributed by atoms with Crippen molar-refractivity contribution in [1.82, 2.24) is 0 Å². The lowest BCUT2D eigenvalue weighted by Gasteiger charge is -2.27. The molecular formula is C6H14N3O6P3. The van der Waals surface area contributed by atoms with Gasteiger partial charge in [-0.1, -0.05) is 0 Å². The number of carbonyl (C=O) groups excluding carboxylic acids is 2. The van der Waals surface area contributed by atoms with E-state index in [-0.39, 0.29) is 0 Å². The van der Waals surface area contributed by atoms with Gasteiger partial charge in [0.15, 0.2) is 0 Å². The molecule has 1 aliphatic rings. The highest BCUT2D eigenvalue weighted by atomic mass is 31.3. The van der Waals surface area contributed by atoms with Gasteiger partial charge in [-0.15, -0.1) is 0 Å². The van der Waals surface area contributed by atoms with Crippen LogP contribution in [0.15, 0.2) is 13.5 Å². The minimum absolute atomic E-state index is 0.450. The lowest BCUT2D eigenvalue weighted by atomic mass is 11.8. The van der Waals surface area contributed by atoms with Crippen molar-refractivity contribution in [3.63, 3.8) is 0 Å². The first-order valence-corrected chi connectivity index (χ1v) is 9.44. The van der Waals surface area contributed by atoms with Gasteiger partial charge in [0.05, 0.1) is 0 Å². The van der Waals surface area contributed by atoms with E-state index in [0.29, 0.717) is 12.1 Å². The zero-order valence-corrected chi connectivity index (χ0v) is 13.0. The third-order valence-electron chi connectivity index (χ3n) is 2.03. The van der Waals surface area contributed by atoms with E-state index >= 15 is 0 Å². The fraction of sp³-hybridized carbons (Fsp3) is 0.667. The molecule has 1 rings (SSSR count). The predicted octanol–water partition coefficient (Wildman–Crippen LogP) is 2.97. The van der Waals surface area contributed by atoms with Crippen LogP contribution in [0.4, 0.5) is 0 Å². The van der Waals surface area contributed by atoms with Crippen molar-refractivity contribution in [2.24, 2.45) is 13.5 Å². The van der Waals surface area contributed by atoms with E-state index in [4.69, 9.17) is 18.1 Å². The van der Waals surface area contributed by atoms with Crippen LogP contribution in [0.3, 0.4) is 0 Å². The maximum atomic E-state index is 11.2. The Labute approximate surface area is 105 Å². The first-order chi connectivity index (χ1) is 8.49. The van der Waals surface area contributed by atoms with Gasteiger partial charge in [0.2, 0.25) is 12.1 Å². The van der Waals surface area contributed by atoms with Crippen LogP contribution in [-0.2, 0) is 27.7 Å². The molecule has 104 valence electrons. The summed E-state index contributed by atoms with van der Waals surface area (Å²) in [4.78, 5) is 22.4. The van der Waals surface area contributed by atoms with E-state index in [0.717, 1.165) is 0 Å². The van der Waals surface area contributed by atoms with E-state index in [2.05, 4.69) is 13.5 Å². The molecule has 0 aromatic heterocycles. The number of carbonyl (C=O) groups is 2. The lowest BCUT2D eigenvalue weighted by molar-refractivity contribution is 0.328. The predicted molar refractivity (Wildman–Crippen MR) is 69.6 cm³/mol. The Kier molecular flexibility index (Phi) is 5.21. The van der Waals surface area contributed by atoms with E-state index < -0.39 is 22.5 Å². The molecule has 0 fully saturated rings. The summed E-state index contributed by atoms with van der Waals surface area (Å²) in [5.41, 5.74) is 0. The molecule has 12 heteroatoms. The Hall–Kier alpha value is -0.130. The van der Waals surface area contributed by atoms with Crippen LogP contribution in [-0.4, -0.2) is 40.5 Å². The van der Waals surface area contributed by atoms with Crippen LogP contribution >= 0.6 is 22.5 Å². The van der Waals surface area contributed by atoms with Crippen molar-refractivity contribution < 1.29 is 27.7 Å². The number of rotatable bonds is 6. The van der Waals surface area contributed by atoms with Crippen LogP contribution in [0.1, 0.15) is 0 Å². The van der Waals surface area contributed by atoms with E-state index in [1.54, 1.807) is 0 Å². The van der Waals surface area contributed by atoms with Crippen molar-refractivity contribution >= 4 is 34.6 Å². The molecule has 9 nitrogen and oxygen atoms in total. The third-order valence-corrected chi connectivity index (χ3v) is 10.5. The average molecular weight is 317 g/mol. The fourth-order valence-corrected chi connectivity index (χ4v) is 9.89. The summed E-state index contributed by atoms with van der Waals surface area (Å²) in [6.45, 7) is 0. The van der Waals surface area contributed by atoms with Gasteiger partial charge in [0.25, 0.3) is 14.9 Å². The molecule has 1 aliphatic heterocycles. The summed E-state index contributed by atoms with van der Waals surface area (Å²) in [5, 5.41) is 0. The Balaban J connectivity index is 3.74. The summed E-state index contributed by atoms with van der Waals surface area (Å²) < 4.78 is 32.4. The molecule has 1 heterocycles. The molecule has 0 amide bonds. The Morgan fingerprint density at radius 1 is 0.722 bits per heavy atom. The molecule has 18 heavy (non-hydrogen) atoms. The number of nitrogens with zero attached hydrogens (tertiary/aromatic N) is 3. The molecule has 0 saturated carbocycles. The highest BCUT2D eigenvalue weighted by Crippen LogP contribution is 2.77. The van der Waals surface area contributed by atoms with Gasteiger partial charge in [-0.2, -0.15) is 13.5 Å². The topological polar surface area (TPSA) is 108 Å². The van der Waals surface area contributed by atoms with E-state index in [1.807, 2.05) is 0 Å². The quantitative estimate of drug-likeness (QED) is 0.550. The van der Waals surface area contributed by atoms with Crippen LogP contribution < -0.4 is 0 Å². The van der Waals surface area contributed by atoms with Crippen LogP contribution in [0.25, 0.3) is 0 Å². The standard InChI is InChI=1S/C6H14N3O6P3/c1-12-16(5-10)7-17(6-11,13-2)9-18(8-16,14-3)15-4/h5-6H,1-4H3. The van der Waals surface area contributed by atoms with E-state index in [1.165, 1.54) is 28.4 Å². The lowest BCUT2D eigenvalue weighted by Crippen LogP contribution is -1.96. The van der Waals surface area contributed by atoms with Crippen LogP contribution in [0, 0.1) is 0 Å². The fourth-order valence-electron chi connectivity index (χ4n) is 1.10. The molecule has 0 spiro atoms. The summed E-state index contributed by atoms with van der Waals surface area (Å²) in [7, 11) is -4.32. The highest BCUT2D eigenvalue weighted by molar-refractivity contribution is 7.91. The maximum Gasteiger partial charge on any atom is 0.345 e. The highest BCUT2D eigenvalue weighted by Gasteiger charge is 2.38. The van der Waals surface area contributed by atoms with Gasteiger partial charge in [-0.25, -0.2) is 0 Å². The molecule has 2 unspecified atom stereocenters. The summed E-state index contributed by atoms with van der Waals surface area (Å²) in [6.07, 6.45) is 0. The second kappa shape index (κ2) is 5.88. The van der Waals surface area contributed by atoms with Crippen LogP contribution in [0.5, 0.6) is 0 Å². The smallest absolute Gasteiger partial charge is 0.325 e. The molecule has 2 atom stereocenters. The number of hydrogen-bond donors (Lipinski definition) is 0. The average Bonchev–Trinajstić information content (AvgIpc) is 2.46. The Morgan fingerprint density at radius 2 is 1.17 bits per heavy atom. The van der Waals surface area contributed by atoms with Crippen molar-refractivity contribution in [1.29, 1.82) is 0 Å². The minimum Gasteiger partial charge on any atom is -0.325 e. The van der Waals surface area contributed by atoms with Gasteiger partial charge in [-0.05, 0) is 0 Å². The molecule has 0 radical (unpaired) electrons. The summed E-state index contributed by atoms with van der Waals surface area (Å²) in [6, 6.07) is 0.900. The largest absolute Gasteiger partial charge is 0.345 e. The molecule has 0 aromatic carbocycles. The van der Waals surface area contributed by atoms with Crippen molar-refractivity contribution in [2.75, 3.05) is 28.4 Å². The molecule has 0 bridgehead atoms. The van der Waals surface area contributed by atoms with Gasteiger partial charge in [-0.3, -0.25) is 9.59 Å². The van der Waals surface area contributed by atoms with Crippen LogP contribution in [0.2, 0.25) is 0 Å². The Morgan fingerprint density at radius 3 is 1.50 bits per heavy atom. The van der Waals surface area contributed by atoms with Crippen molar-refractivity contribution in [3.05, 3.63) is 0 Å². The molecule has 0 N–H and O–H groups in total. The second-order valence-electron chi connectivity index (χ2n) is 2.88. The van der Waals surface area contributed by atoms with Crippen molar-refractivity contribution in [3.8, 4) is 0 Å². The molecule has 0 aliphatic carbocycles. The first-order valence-electron chi connectivity index (χ1n) is 4.55. The number of hydrogen-bond acceptors (Lipinski definition) is 9. The molecule has 0 aromatic rings. The van der Waals surface area contributed by atoms with Gasteiger partial charge in [0.1, 0.15) is 0 Å². The Bertz CT molecular complexity index is 491. The summed E-state index contributed by atoms with van der Waals surface area (Å²) >= 11 is 0. The summed E-state index contributed by atoms with van der Waals surface area (Å²) in [5.74, 6) is 0. The molecular weight excluding hydrogens is 303 g/mol. The monoisotopic (exact) mass is 317 g/mol. The van der Waals surface area contributed by atoms with Crippen molar-refractivity contribution in [2.45, 2.75) is 0 Å². The molecule has 0 saturated heterocycles. The third kappa shape index (κ3) is 2.73. The van der Waals surface area contributed by atoms with Gasteiger partial charge < -0.3 is 18.1 Å². The van der Waals surface area contributed by atoms with Gasteiger partial charge >= 0.3 is 7.66 Å². The first kappa shape index (κ1) is 15.9. The second-order valence-corrected chi connectivity index (χ2v) is 10.2. The van der Waals surface area contributed by atoms with E-state index in [9.17, 15) is 9.59 Å². The zero-order chi connectivity index (χ0) is 13.9. The maximum absolute atomic E-state index is 11.2. The SMILES string of the molecule is COP1(C=O)=NP(C=O)(OC)=NP(OC)(OC)=N1. The zero-order valence-electron chi connectivity index (χ0n) is 10.3. The van der Waals surface area contributed by atoms with Gasteiger partial charge in [0, 0.05) is 28.4 Å². The minimum atomic E-state index is -3.19.